The van der Waals surface area contributed by atoms with Gasteiger partial charge >= 0.3 is 0 Å². The normalized spacial score (nSPS) is 25.5. The predicted octanol–water partition coefficient (Wildman–Crippen LogP) is 3.36. The van der Waals surface area contributed by atoms with Crippen LogP contribution in [-0.4, -0.2) is 4.98 Å². The van der Waals surface area contributed by atoms with Crippen molar-refractivity contribution in [2.75, 3.05) is 0 Å². The molecule has 0 aliphatic heterocycles. The Balaban J connectivity index is 2.06. The standard InChI is InChI=1S/C16H27N3/c1-11(2)13-4-6-14(7-5-13)16(19-17)15-10-18-9-8-12(15)3/h8-11,13-14,16,19H,4-7,17H2,1-3H3. The van der Waals surface area contributed by atoms with E-state index in [4.69, 9.17) is 5.84 Å². The van der Waals surface area contributed by atoms with Crippen LogP contribution in [0, 0.1) is 24.7 Å². The molecule has 0 radical (unpaired) electrons. The zero-order chi connectivity index (χ0) is 13.8. The Bertz CT molecular complexity index is 395. The Labute approximate surface area is 117 Å². The van der Waals surface area contributed by atoms with Crippen molar-refractivity contribution in [1.29, 1.82) is 0 Å². The van der Waals surface area contributed by atoms with E-state index in [0.29, 0.717) is 5.92 Å². The molecule has 2 rings (SSSR count). The zero-order valence-electron chi connectivity index (χ0n) is 12.4. The van der Waals surface area contributed by atoms with Gasteiger partial charge in [0.05, 0.1) is 6.04 Å². The fourth-order valence-electron chi connectivity index (χ4n) is 3.43. The number of nitrogens with zero attached hydrogens (tertiary/aromatic N) is 1. The average molecular weight is 261 g/mol. The van der Waals surface area contributed by atoms with Crippen LogP contribution >= 0.6 is 0 Å². The van der Waals surface area contributed by atoms with Crippen LogP contribution in [0.2, 0.25) is 0 Å². The number of pyridine rings is 1. The summed E-state index contributed by atoms with van der Waals surface area (Å²) in [5.41, 5.74) is 5.58. The third-order valence-corrected chi connectivity index (χ3v) is 4.82. The topological polar surface area (TPSA) is 50.9 Å². The molecule has 0 aromatic carbocycles. The lowest BCUT2D eigenvalue weighted by atomic mass is 9.73. The summed E-state index contributed by atoms with van der Waals surface area (Å²) in [5.74, 6) is 8.17. The van der Waals surface area contributed by atoms with Crippen molar-refractivity contribution in [3.63, 3.8) is 0 Å². The average Bonchev–Trinajstić information content (AvgIpc) is 2.42. The molecule has 0 spiro atoms. The summed E-state index contributed by atoms with van der Waals surface area (Å²) in [6.07, 6.45) is 9.02. The first-order chi connectivity index (χ1) is 9.13. The molecule has 1 aliphatic rings. The lowest BCUT2D eigenvalue weighted by Gasteiger charge is -2.35. The molecule has 1 aromatic rings. The van der Waals surface area contributed by atoms with Gasteiger partial charge in [-0.05, 0) is 67.6 Å². The van der Waals surface area contributed by atoms with E-state index < -0.39 is 0 Å². The minimum atomic E-state index is 0.252. The largest absolute Gasteiger partial charge is 0.271 e. The Morgan fingerprint density at radius 1 is 1.21 bits per heavy atom. The minimum absolute atomic E-state index is 0.252. The van der Waals surface area contributed by atoms with Crippen molar-refractivity contribution in [2.45, 2.75) is 52.5 Å². The van der Waals surface area contributed by atoms with Gasteiger partial charge in [-0.3, -0.25) is 16.3 Å². The quantitative estimate of drug-likeness (QED) is 0.645. The maximum Gasteiger partial charge on any atom is 0.0506 e. The molecule has 1 aromatic heterocycles. The summed E-state index contributed by atoms with van der Waals surface area (Å²) in [7, 11) is 0. The first-order valence-corrected chi connectivity index (χ1v) is 7.50. The number of hydrogen-bond acceptors (Lipinski definition) is 3. The molecule has 3 heteroatoms. The number of hydrazine groups is 1. The molecule has 0 bridgehead atoms. The molecule has 1 atom stereocenters. The molecule has 106 valence electrons. The highest BCUT2D eigenvalue weighted by Gasteiger charge is 2.29. The molecule has 1 aliphatic carbocycles. The molecule has 0 amide bonds. The first-order valence-electron chi connectivity index (χ1n) is 7.50. The second kappa shape index (κ2) is 6.49. The molecule has 3 nitrogen and oxygen atoms in total. The molecular weight excluding hydrogens is 234 g/mol. The van der Waals surface area contributed by atoms with Crippen LogP contribution in [0.1, 0.15) is 56.7 Å². The van der Waals surface area contributed by atoms with E-state index in [1.54, 1.807) is 0 Å². The number of hydrogen-bond donors (Lipinski definition) is 2. The van der Waals surface area contributed by atoms with Crippen molar-refractivity contribution in [2.24, 2.45) is 23.6 Å². The fraction of sp³-hybridized carbons (Fsp3) is 0.688. The summed E-state index contributed by atoms with van der Waals surface area (Å²) in [6.45, 7) is 6.82. The summed E-state index contributed by atoms with van der Waals surface area (Å²) >= 11 is 0. The number of nitrogens with two attached hydrogens (primary N) is 1. The summed E-state index contributed by atoms with van der Waals surface area (Å²) in [5, 5.41) is 0. The van der Waals surface area contributed by atoms with Crippen molar-refractivity contribution >= 4 is 0 Å². The Kier molecular flexibility index (Phi) is 4.94. The van der Waals surface area contributed by atoms with Crippen molar-refractivity contribution in [1.82, 2.24) is 10.4 Å². The summed E-state index contributed by atoms with van der Waals surface area (Å²) < 4.78 is 0. The van der Waals surface area contributed by atoms with Crippen LogP contribution in [0.3, 0.4) is 0 Å². The van der Waals surface area contributed by atoms with Gasteiger partial charge in [-0.2, -0.15) is 0 Å². The SMILES string of the molecule is Cc1ccncc1C(NN)C1CCC(C(C)C)CC1. The monoisotopic (exact) mass is 261 g/mol. The van der Waals surface area contributed by atoms with Gasteiger partial charge in [0.2, 0.25) is 0 Å². The van der Waals surface area contributed by atoms with E-state index in [9.17, 15) is 0 Å². The van der Waals surface area contributed by atoms with Gasteiger partial charge in [-0.25, -0.2) is 0 Å². The Hall–Kier alpha value is -0.930. The van der Waals surface area contributed by atoms with E-state index in [-0.39, 0.29) is 6.04 Å². The highest BCUT2D eigenvalue weighted by Crippen LogP contribution is 2.39. The van der Waals surface area contributed by atoms with Crippen molar-refractivity contribution in [3.8, 4) is 0 Å². The van der Waals surface area contributed by atoms with Gasteiger partial charge in [0.15, 0.2) is 0 Å². The van der Waals surface area contributed by atoms with Crippen LogP contribution in [0.5, 0.6) is 0 Å². The van der Waals surface area contributed by atoms with E-state index in [1.807, 2.05) is 12.4 Å². The van der Waals surface area contributed by atoms with Crippen LogP contribution in [0.25, 0.3) is 0 Å². The van der Waals surface area contributed by atoms with E-state index >= 15 is 0 Å². The van der Waals surface area contributed by atoms with Gasteiger partial charge in [-0.15, -0.1) is 0 Å². The maximum absolute atomic E-state index is 5.82. The zero-order valence-corrected chi connectivity index (χ0v) is 12.4. The number of aromatic nitrogens is 1. The lowest BCUT2D eigenvalue weighted by Crippen LogP contribution is -2.36. The van der Waals surface area contributed by atoms with Gasteiger partial charge < -0.3 is 0 Å². The smallest absolute Gasteiger partial charge is 0.0506 e. The van der Waals surface area contributed by atoms with Crippen molar-refractivity contribution < 1.29 is 0 Å². The molecule has 0 saturated heterocycles. The van der Waals surface area contributed by atoms with Gasteiger partial charge in [0.25, 0.3) is 0 Å². The predicted molar refractivity (Wildman–Crippen MR) is 79.3 cm³/mol. The molecule has 3 N–H and O–H groups in total. The highest BCUT2D eigenvalue weighted by molar-refractivity contribution is 5.25. The Morgan fingerprint density at radius 3 is 2.37 bits per heavy atom. The molecular formula is C16H27N3. The second-order valence-corrected chi connectivity index (χ2v) is 6.30. The number of aryl methyl sites for hydroxylation is 1. The number of nitrogens with one attached hydrogen (secondary N) is 1. The third kappa shape index (κ3) is 3.34. The van der Waals surface area contributed by atoms with E-state index in [0.717, 1.165) is 11.8 Å². The lowest BCUT2D eigenvalue weighted by molar-refractivity contribution is 0.189. The van der Waals surface area contributed by atoms with Crippen molar-refractivity contribution in [3.05, 3.63) is 29.6 Å². The molecule has 1 fully saturated rings. The van der Waals surface area contributed by atoms with E-state index in [1.165, 1.54) is 36.8 Å². The summed E-state index contributed by atoms with van der Waals surface area (Å²) in [4.78, 5) is 4.26. The van der Waals surface area contributed by atoms with Gasteiger partial charge in [-0.1, -0.05) is 13.8 Å². The molecule has 1 unspecified atom stereocenters. The second-order valence-electron chi connectivity index (χ2n) is 6.30. The number of rotatable bonds is 4. The van der Waals surface area contributed by atoms with E-state index in [2.05, 4.69) is 37.2 Å². The van der Waals surface area contributed by atoms with Crippen LogP contribution in [0.4, 0.5) is 0 Å². The highest BCUT2D eigenvalue weighted by atomic mass is 15.2. The molecule has 1 saturated carbocycles. The maximum atomic E-state index is 5.82. The van der Waals surface area contributed by atoms with Crippen LogP contribution in [0.15, 0.2) is 18.5 Å². The minimum Gasteiger partial charge on any atom is -0.271 e. The van der Waals surface area contributed by atoms with Crippen LogP contribution in [-0.2, 0) is 0 Å². The fourth-order valence-corrected chi connectivity index (χ4v) is 3.43. The Morgan fingerprint density at radius 2 is 1.84 bits per heavy atom. The third-order valence-electron chi connectivity index (χ3n) is 4.82. The van der Waals surface area contributed by atoms with Gasteiger partial charge in [0.1, 0.15) is 0 Å². The van der Waals surface area contributed by atoms with Crippen LogP contribution < -0.4 is 11.3 Å². The molecule has 19 heavy (non-hydrogen) atoms. The first kappa shape index (κ1) is 14.5. The summed E-state index contributed by atoms with van der Waals surface area (Å²) in [6, 6.07) is 2.32. The molecule has 1 heterocycles. The van der Waals surface area contributed by atoms with Gasteiger partial charge in [0, 0.05) is 12.4 Å².